The largest absolute Gasteiger partial charge is 0.503 e. The van der Waals surface area contributed by atoms with E-state index in [1.165, 1.54) is 16.2 Å². The van der Waals surface area contributed by atoms with Crippen LogP contribution in [0.3, 0.4) is 0 Å². The van der Waals surface area contributed by atoms with Crippen molar-refractivity contribution in [3.8, 4) is 11.5 Å². The molecular weight excluding hydrogens is 392 g/mol. The van der Waals surface area contributed by atoms with Gasteiger partial charge >= 0.3 is 0 Å². The number of aliphatic hydroxyl groups excluding tert-OH is 1. The molecule has 0 aliphatic carbocycles. The first kappa shape index (κ1) is 17.4. The maximum absolute atomic E-state index is 13.2. The molecular formula is C21H14N2O5S. The number of thiophene rings is 1. The van der Waals surface area contributed by atoms with Crippen molar-refractivity contribution in [1.82, 2.24) is 4.98 Å². The molecule has 1 atom stereocenters. The summed E-state index contributed by atoms with van der Waals surface area (Å²) in [6, 6.07) is 11.1. The summed E-state index contributed by atoms with van der Waals surface area (Å²) in [7, 11) is 0. The molecule has 0 radical (unpaired) electrons. The zero-order valence-electron chi connectivity index (χ0n) is 14.9. The molecule has 1 N–H and O–H groups in total. The van der Waals surface area contributed by atoms with Gasteiger partial charge in [0.05, 0.1) is 16.5 Å². The third-order valence-corrected chi connectivity index (χ3v) is 5.70. The minimum absolute atomic E-state index is 0.0307. The summed E-state index contributed by atoms with van der Waals surface area (Å²) in [5, 5.41) is 12.5. The Kier molecular flexibility index (Phi) is 4.06. The van der Waals surface area contributed by atoms with Crippen LogP contribution in [-0.4, -0.2) is 28.6 Å². The van der Waals surface area contributed by atoms with Crippen molar-refractivity contribution in [2.45, 2.75) is 6.04 Å². The zero-order valence-corrected chi connectivity index (χ0v) is 15.8. The van der Waals surface area contributed by atoms with E-state index in [0.29, 0.717) is 27.6 Å². The Morgan fingerprint density at radius 1 is 1.17 bits per heavy atom. The number of anilines is 1. The van der Waals surface area contributed by atoms with Gasteiger partial charge in [-0.2, -0.15) is 0 Å². The molecule has 1 unspecified atom stereocenters. The molecule has 3 aromatic rings. The average molecular weight is 406 g/mol. The summed E-state index contributed by atoms with van der Waals surface area (Å²) in [5.41, 5.74) is 1.12. The normalized spacial score (nSPS) is 17.9. The number of benzene rings is 1. The van der Waals surface area contributed by atoms with Gasteiger partial charge in [-0.1, -0.05) is 12.1 Å². The lowest BCUT2D eigenvalue weighted by Crippen LogP contribution is -2.31. The number of Topliss-reactive ketones (excluding diaryl/α,β-unsaturated/α-hetero) is 1. The van der Waals surface area contributed by atoms with Crippen LogP contribution in [0, 0.1) is 0 Å². The number of nitrogens with zero attached hydrogens (tertiary/aromatic N) is 2. The Balaban J connectivity index is 1.65. The molecule has 8 heteroatoms. The van der Waals surface area contributed by atoms with Gasteiger partial charge in [0.25, 0.3) is 5.91 Å². The maximum atomic E-state index is 13.2. The number of carbonyl (C=O) groups is 2. The summed E-state index contributed by atoms with van der Waals surface area (Å²) in [4.78, 5) is 32.2. The number of hydrogen-bond donors (Lipinski definition) is 1. The fourth-order valence-corrected chi connectivity index (χ4v) is 4.21. The Labute approximate surface area is 169 Å². The van der Waals surface area contributed by atoms with Gasteiger partial charge in [0, 0.05) is 24.1 Å². The van der Waals surface area contributed by atoms with Crippen LogP contribution in [0.25, 0.3) is 0 Å². The van der Waals surface area contributed by atoms with E-state index in [-0.39, 0.29) is 18.1 Å². The molecule has 2 aliphatic heterocycles. The lowest BCUT2D eigenvalue weighted by molar-refractivity contribution is -0.117. The predicted octanol–water partition coefficient (Wildman–Crippen LogP) is 3.65. The zero-order chi connectivity index (χ0) is 20.0. The summed E-state index contributed by atoms with van der Waals surface area (Å²) < 4.78 is 10.8. The number of hydrogen-bond acceptors (Lipinski definition) is 7. The van der Waals surface area contributed by atoms with Crippen molar-refractivity contribution in [3.05, 3.63) is 82.0 Å². The number of aromatic nitrogens is 1. The highest BCUT2D eigenvalue weighted by Crippen LogP contribution is 2.44. The first-order valence-electron chi connectivity index (χ1n) is 8.79. The second kappa shape index (κ2) is 6.75. The van der Waals surface area contributed by atoms with Crippen LogP contribution >= 0.6 is 11.3 Å². The minimum atomic E-state index is -0.814. The van der Waals surface area contributed by atoms with E-state index in [4.69, 9.17) is 9.47 Å². The smallest absolute Gasteiger partial charge is 0.294 e. The molecule has 0 bridgehead atoms. The van der Waals surface area contributed by atoms with E-state index in [1.54, 1.807) is 60.2 Å². The highest BCUT2D eigenvalue weighted by molar-refractivity contribution is 7.12. The van der Waals surface area contributed by atoms with Crippen molar-refractivity contribution >= 4 is 28.7 Å². The lowest BCUT2D eigenvalue weighted by Gasteiger charge is -2.26. The fraction of sp³-hybridized carbons (Fsp3) is 0.0952. The number of carbonyl (C=O) groups excluding carboxylic acids is 2. The number of aliphatic hydroxyl groups is 1. The third-order valence-electron chi connectivity index (χ3n) is 4.83. The van der Waals surface area contributed by atoms with Crippen LogP contribution < -0.4 is 14.4 Å². The summed E-state index contributed by atoms with van der Waals surface area (Å²) >= 11 is 1.25. The highest BCUT2D eigenvalue weighted by Gasteiger charge is 2.45. The van der Waals surface area contributed by atoms with Crippen LogP contribution in [0.1, 0.15) is 21.3 Å². The lowest BCUT2D eigenvalue weighted by atomic mass is 9.96. The molecule has 1 amide bonds. The first-order chi connectivity index (χ1) is 14.1. The molecule has 5 rings (SSSR count). The summed E-state index contributed by atoms with van der Waals surface area (Å²) in [6.45, 7) is 0.102. The third kappa shape index (κ3) is 2.76. The van der Waals surface area contributed by atoms with Gasteiger partial charge in [-0.05, 0) is 35.2 Å². The fourth-order valence-electron chi connectivity index (χ4n) is 3.53. The van der Waals surface area contributed by atoms with Gasteiger partial charge in [-0.15, -0.1) is 11.3 Å². The molecule has 7 nitrogen and oxygen atoms in total. The predicted molar refractivity (Wildman–Crippen MR) is 105 cm³/mol. The SMILES string of the molecule is O=C(C1=C(O)C(=O)N(c2ccc3c(c2)OCO3)C1c1cccnc1)c1cccs1. The van der Waals surface area contributed by atoms with Crippen LogP contribution in [-0.2, 0) is 4.79 Å². The number of ketones is 1. The van der Waals surface area contributed by atoms with Crippen molar-refractivity contribution in [2.75, 3.05) is 11.7 Å². The monoisotopic (exact) mass is 406 g/mol. The van der Waals surface area contributed by atoms with Gasteiger partial charge in [0.15, 0.2) is 17.3 Å². The van der Waals surface area contributed by atoms with E-state index >= 15 is 0 Å². The van der Waals surface area contributed by atoms with E-state index in [9.17, 15) is 14.7 Å². The molecule has 0 spiro atoms. The van der Waals surface area contributed by atoms with Gasteiger partial charge in [0.1, 0.15) is 0 Å². The number of pyridine rings is 1. The molecule has 1 aromatic carbocycles. The molecule has 4 heterocycles. The molecule has 2 aliphatic rings. The maximum Gasteiger partial charge on any atom is 0.294 e. The second-order valence-corrected chi connectivity index (χ2v) is 7.42. The Hall–Kier alpha value is -3.65. The number of fused-ring (bicyclic) bond motifs is 1. The second-order valence-electron chi connectivity index (χ2n) is 6.47. The molecule has 0 saturated carbocycles. The quantitative estimate of drug-likeness (QED) is 0.666. The standard InChI is InChI=1S/C21H14N2O5S/c24-19(16-4-2-8-29-16)17-18(12-3-1-7-22-10-12)23(21(26)20(17)25)13-5-6-14-15(9-13)28-11-27-14/h1-10,18,25H,11H2. The van der Waals surface area contributed by atoms with Crippen molar-refractivity contribution in [2.24, 2.45) is 0 Å². The number of amides is 1. The van der Waals surface area contributed by atoms with Crippen molar-refractivity contribution in [3.63, 3.8) is 0 Å². The van der Waals surface area contributed by atoms with Gasteiger partial charge in [-0.3, -0.25) is 19.5 Å². The van der Waals surface area contributed by atoms with Crippen LogP contribution in [0.5, 0.6) is 11.5 Å². The minimum Gasteiger partial charge on any atom is -0.503 e. The Morgan fingerprint density at radius 2 is 2.03 bits per heavy atom. The highest BCUT2D eigenvalue weighted by atomic mass is 32.1. The van der Waals surface area contributed by atoms with E-state index < -0.39 is 17.7 Å². The Morgan fingerprint density at radius 3 is 2.79 bits per heavy atom. The number of ether oxygens (including phenoxy) is 2. The molecule has 29 heavy (non-hydrogen) atoms. The first-order valence-corrected chi connectivity index (χ1v) is 9.67. The summed E-state index contributed by atoms with van der Waals surface area (Å²) in [5.74, 6) is -0.529. The average Bonchev–Trinajstić information content (AvgIpc) is 3.48. The van der Waals surface area contributed by atoms with E-state index in [1.807, 2.05) is 0 Å². The van der Waals surface area contributed by atoms with Gasteiger partial charge in [-0.25, -0.2) is 0 Å². The van der Waals surface area contributed by atoms with Gasteiger partial charge < -0.3 is 14.6 Å². The number of rotatable bonds is 4. The topological polar surface area (TPSA) is 89.0 Å². The van der Waals surface area contributed by atoms with Crippen LogP contribution in [0.2, 0.25) is 0 Å². The van der Waals surface area contributed by atoms with Gasteiger partial charge in [0.2, 0.25) is 12.6 Å². The van der Waals surface area contributed by atoms with Crippen LogP contribution in [0.15, 0.2) is 71.6 Å². The van der Waals surface area contributed by atoms with E-state index in [0.717, 1.165) is 0 Å². The molecule has 0 saturated heterocycles. The molecule has 144 valence electrons. The summed E-state index contributed by atoms with van der Waals surface area (Å²) in [6.07, 6.45) is 3.19. The van der Waals surface area contributed by atoms with E-state index in [2.05, 4.69) is 4.98 Å². The van der Waals surface area contributed by atoms with Crippen molar-refractivity contribution < 1.29 is 24.2 Å². The van der Waals surface area contributed by atoms with Crippen LogP contribution in [0.4, 0.5) is 5.69 Å². The molecule has 2 aromatic heterocycles. The Bertz CT molecular complexity index is 1140. The molecule has 0 fully saturated rings. The van der Waals surface area contributed by atoms with Crippen molar-refractivity contribution in [1.29, 1.82) is 0 Å².